The van der Waals surface area contributed by atoms with Gasteiger partial charge in [-0.2, -0.15) is 4.52 Å². The van der Waals surface area contributed by atoms with Gasteiger partial charge in [0.15, 0.2) is 5.65 Å². The Morgan fingerprint density at radius 1 is 1.10 bits per heavy atom. The molecule has 7 nitrogen and oxygen atoms in total. The molecule has 3 aromatic rings. The van der Waals surface area contributed by atoms with Crippen LogP contribution in [0.3, 0.4) is 0 Å². The molecule has 0 spiro atoms. The van der Waals surface area contributed by atoms with Gasteiger partial charge in [-0.05, 0) is 54.9 Å². The molecule has 2 unspecified atom stereocenters. The fourth-order valence-electron chi connectivity index (χ4n) is 4.67. The van der Waals surface area contributed by atoms with Gasteiger partial charge < -0.3 is 10.2 Å². The normalized spacial score (nSPS) is 22.4. The lowest BCUT2D eigenvalue weighted by atomic mass is 9.80. The number of anilines is 1. The molecule has 1 aromatic carbocycles. The van der Waals surface area contributed by atoms with Gasteiger partial charge in [-0.1, -0.05) is 31.2 Å². The average molecular weight is 390 g/mol. The van der Waals surface area contributed by atoms with Gasteiger partial charge in [-0.15, -0.1) is 15.3 Å². The maximum Gasteiger partial charge on any atom is 0.223 e. The maximum atomic E-state index is 13.0. The Kier molecular flexibility index (Phi) is 4.66. The van der Waals surface area contributed by atoms with Crippen molar-refractivity contribution >= 4 is 17.4 Å². The number of nitrogens with zero attached hydrogens (tertiary/aromatic N) is 5. The molecule has 1 N–H and O–H groups in total. The molecule has 1 amide bonds. The molecule has 3 heterocycles. The van der Waals surface area contributed by atoms with Crippen molar-refractivity contribution in [1.82, 2.24) is 25.1 Å². The maximum absolute atomic E-state index is 13.0. The number of benzene rings is 1. The van der Waals surface area contributed by atoms with E-state index in [9.17, 15) is 4.79 Å². The second kappa shape index (κ2) is 7.46. The van der Waals surface area contributed by atoms with Crippen molar-refractivity contribution < 1.29 is 4.79 Å². The van der Waals surface area contributed by atoms with Crippen LogP contribution >= 0.6 is 0 Å². The van der Waals surface area contributed by atoms with Crippen LogP contribution in [0.1, 0.15) is 43.4 Å². The van der Waals surface area contributed by atoms with E-state index in [1.165, 1.54) is 11.1 Å². The minimum absolute atomic E-state index is 0.0613. The number of carbonyl (C=O) groups excluding carboxylic acids is 1. The standard InChI is InChI=1S/C22H26N6O/c1-15-6-7-16-4-2-3-5-18(16)21(15)24-22(29)17-10-12-27(13-11-17)20-9-8-19-25-23-14-28(19)26-20/h2-5,8-9,14-15,17,21H,6-7,10-13H2,1H3,(H,24,29). The number of aryl methyl sites for hydroxylation is 1. The molecular formula is C22H26N6O. The Hall–Kier alpha value is -2.96. The number of fused-ring (bicyclic) bond motifs is 2. The van der Waals surface area contributed by atoms with Crippen LogP contribution in [0.15, 0.2) is 42.7 Å². The molecule has 7 heteroatoms. The molecular weight excluding hydrogens is 364 g/mol. The number of amides is 1. The van der Waals surface area contributed by atoms with E-state index in [1.807, 2.05) is 12.1 Å². The Morgan fingerprint density at radius 3 is 2.79 bits per heavy atom. The summed E-state index contributed by atoms with van der Waals surface area (Å²) in [6, 6.07) is 12.6. The highest BCUT2D eigenvalue weighted by Crippen LogP contribution is 2.34. The SMILES string of the molecule is CC1CCc2ccccc2C1NC(=O)C1CCN(c2ccc3nncn3n2)CC1. The van der Waals surface area contributed by atoms with E-state index in [0.717, 1.165) is 50.2 Å². The van der Waals surface area contributed by atoms with E-state index in [2.05, 4.69) is 56.7 Å². The van der Waals surface area contributed by atoms with Crippen molar-refractivity contribution in [2.45, 2.75) is 38.6 Å². The predicted octanol–water partition coefficient (Wildman–Crippen LogP) is 2.78. The third-order valence-electron chi connectivity index (χ3n) is 6.46. The smallest absolute Gasteiger partial charge is 0.223 e. The molecule has 1 aliphatic heterocycles. The zero-order valence-corrected chi connectivity index (χ0v) is 16.7. The van der Waals surface area contributed by atoms with Gasteiger partial charge in [-0.25, -0.2) is 0 Å². The van der Waals surface area contributed by atoms with Crippen LogP contribution in [0.25, 0.3) is 5.65 Å². The quantitative estimate of drug-likeness (QED) is 0.744. The van der Waals surface area contributed by atoms with Crippen LogP contribution in [-0.2, 0) is 11.2 Å². The third-order valence-corrected chi connectivity index (χ3v) is 6.46. The van der Waals surface area contributed by atoms with Gasteiger partial charge in [0.05, 0.1) is 6.04 Å². The Morgan fingerprint density at radius 2 is 1.93 bits per heavy atom. The minimum atomic E-state index is 0.0613. The summed E-state index contributed by atoms with van der Waals surface area (Å²) in [5, 5.41) is 15.8. The lowest BCUT2D eigenvalue weighted by Crippen LogP contribution is -2.43. The molecule has 1 fully saturated rings. The number of rotatable bonds is 3. The third kappa shape index (κ3) is 3.45. The van der Waals surface area contributed by atoms with Crippen molar-refractivity contribution in [3.63, 3.8) is 0 Å². The van der Waals surface area contributed by atoms with E-state index < -0.39 is 0 Å². The van der Waals surface area contributed by atoms with Crippen LogP contribution < -0.4 is 10.2 Å². The van der Waals surface area contributed by atoms with Gasteiger partial charge in [-0.3, -0.25) is 4.79 Å². The fourth-order valence-corrected chi connectivity index (χ4v) is 4.67. The van der Waals surface area contributed by atoms with Crippen molar-refractivity contribution in [2.24, 2.45) is 11.8 Å². The first-order chi connectivity index (χ1) is 14.2. The molecule has 2 atom stereocenters. The second-order valence-corrected chi connectivity index (χ2v) is 8.29. The van der Waals surface area contributed by atoms with Crippen LogP contribution in [0.5, 0.6) is 0 Å². The second-order valence-electron chi connectivity index (χ2n) is 8.29. The molecule has 0 bridgehead atoms. The van der Waals surface area contributed by atoms with Crippen LogP contribution in [0, 0.1) is 11.8 Å². The summed E-state index contributed by atoms with van der Waals surface area (Å²) in [5.41, 5.74) is 3.41. The summed E-state index contributed by atoms with van der Waals surface area (Å²) in [4.78, 5) is 15.3. The van der Waals surface area contributed by atoms with Gasteiger partial charge >= 0.3 is 0 Å². The first-order valence-corrected chi connectivity index (χ1v) is 10.5. The summed E-state index contributed by atoms with van der Waals surface area (Å²) in [6.45, 7) is 3.90. The highest BCUT2D eigenvalue weighted by atomic mass is 16.2. The van der Waals surface area contributed by atoms with Gasteiger partial charge in [0.25, 0.3) is 0 Å². The Labute approximate surface area is 170 Å². The summed E-state index contributed by atoms with van der Waals surface area (Å²) >= 11 is 0. The first-order valence-electron chi connectivity index (χ1n) is 10.5. The molecule has 29 heavy (non-hydrogen) atoms. The molecule has 2 aliphatic rings. The number of aromatic nitrogens is 4. The lowest BCUT2D eigenvalue weighted by Gasteiger charge is -2.35. The molecule has 0 radical (unpaired) electrons. The summed E-state index contributed by atoms with van der Waals surface area (Å²) in [6.07, 6.45) is 5.53. The van der Waals surface area contributed by atoms with E-state index in [0.29, 0.717) is 5.92 Å². The zero-order chi connectivity index (χ0) is 19.8. The van der Waals surface area contributed by atoms with Crippen molar-refractivity contribution in [2.75, 3.05) is 18.0 Å². The van der Waals surface area contributed by atoms with Crippen molar-refractivity contribution in [1.29, 1.82) is 0 Å². The van der Waals surface area contributed by atoms with Crippen LogP contribution in [0.2, 0.25) is 0 Å². The largest absolute Gasteiger partial charge is 0.355 e. The monoisotopic (exact) mass is 390 g/mol. The Balaban J connectivity index is 1.23. The molecule has 1 saturated heterocycles. The number of piperidine rings is 1. The fraction of sp³-hybridized carbons (Fsp3) is 0.455. The highest BCUT2D eigenvalue weighted by Gasteiger charge is 2.31. The van der Waals surface area contributed by atoms with E-state index in [1.54, 1.807) is 10.8 Å². The zero-order valence-electron chi connectivity index (χ0n) is 16.7. The molecule has 1 aliphatic carbocycles. The minimum Gasteiger partial charge on any atom is -0.355 e. The van der Waals surface area contributed by atoms with Crippen LogP contribution in [0.4, 0.5) is 5.82 Å². The number of hydrogen-bond acceptors (Lipinski definition) is 5. The van der Waals surface area contributed by atoms with Gasteiger partial charge in [0.1, 0.15) is 12.1 Å². The van der Waals surface area contributed by atoms with E-state index in [-0.39, 0.29) is 17.9 Å². The van der Waals surface area contributed by atoms with E-state index in [4.69, 9.17) is 0 Å². The van der Waals surface area contributed by atoms with Crippen molar-refractivity contribution in [3.05, 3.63) is 53.9 Å². The predicted molar refractivity (Wildman–Crippen MR) is 111 cm³/mol. The Bertz CT molecular complexity index is 1020. The van der Waals surface area contributed by atoms with Gasteiger partial charge in [0.2, 0.25) is 5.91 Å². The van der Waals surface area contributed by atoms with E-state index >= 15 is 0 Å². The molecule has 2 aromatic heterocycles. The number of nitrogens with one attached hydrogen (secondary N) is 1. The summed E-state index contributed by atoms with van der Waals surface area (Å²) in [7, 11) is 0. The first kappa shape index (κ1) is 18.1. The topological polar surface area (TPSA) is 75.4 Å². The molecule has 0 saturated carbocycles. The molecule has 150 valence electrons. The highest BCUT2D eigenvalue weighted by molar-refractivity contribution is 5.79. The number of hydrogen-bond donors (Lipinski definition) is 1. The lowest BCUT2D eigenvalue weighted by molar-refractivity contribution is -0.126. The number of carbonyl (C=O) groups is 1. The molecule has 5 rings (SSSR count). The van der Waals surface area contributed by atoms with Crippen molar-refractivity contribution in [3.8, 4) is 0 Å². The van der Waals surface area contributed by atoms with Crippen LogP contribution in [-0.4, -0.2) is 38.8 Å². The average Bonchev–Trinajstić information content (AvgIpc) is 3.24. The van der Waals surface area contributed by atoms with Gasteiger partial charge in [0, 0.05) is 19.0 Å². The summed E-state index contributed by atoms with van der Waals surface area (Å²) < 4.78 is 1.69. The summed E-state index contributed by atoms with van der Waals surface area (Å²) in [5.74, 6) is 1.63.